The zero-order valence-corrected chi connectivity index (χ0v) is 8.43. The Hall–Kier alpha value is -1.16. The minimum Gasteiger partial charge on any atom is -0.382 e. The molecule has 0 radical (unpaired) electrons. The van der Waals surface area contributed by atoms with Gasteiger partial charge >= 0.3 is 0 Å². The summed E-state index contributed by atoms with van der Waals surface area (Å²) >= 11 is 1.61. The van der Waals surface area contributed by atoms with Crippen molar-refractivity contribution >= 4 is 27.4 Å². The molecule has 0 saturated carbocycles. The maximum Gasteiger partial charge on any atom is 0.170 e. The van der Waals surface area contributed by atoms with Gasteiger partial charge in [0.15, 0.2) is 5.65 Å². The Morgan fingerprint density at radius 2 is 2.23 bits per heavy atom. The third kappa shape index (κ3) is 1.78. The van der Waals surface area contributed by atoms with Crippen molar-refractivity contribution in [2.45, 2.75) is 19.9 Å². The van der Waals surface area contributed by atoms with E-state index in [0.29, 0.717) is 6.04 Å². The van der Waals surface area contributed by atoms with Crippen molar-refractivity contribution in [1.82, 2.24) is 9.97 Å². The molecule has 0 fully saturated rings. The largest absolute Gasteiger partial charge is 0.382 e. The van der Waals surface area contributed by atoms with E-state index in [9.17, 15) is 0 Å². The maximum atomic E-state index is 4.23. The van der Waals surface area contributed by atoms with Gasteiger partial charge in [-0.3, -0.25) is 0 Å². The highest BCUT2D eigenvalue weighted by Crippen LogP contribution is 2.19. The van der Waals surface area contributed by atoms with E-state index in [2.05, 4.69) is 35.2 Å². The minimum atomic E-state index is 0.437. The molecule has 2 aromatic rings. The molecule has 1 N–H and O–H groups in total. The van der Waals surface area contributed by atoms with Crippen molar-refractivity contribution in [3.05, 3.63) is 17.8 Å². The van der Waals surface area contributed by atoms with Crippen molar-refractivity contribution in [3.63, 3.8) is 0 Å². The summed E-state index contributed by atoms with van der Waals surface area (Å²) in [5, 5.41) is 3.30. The lowest BCUT2D eigenvalue weighted by atomic mass is 10.3. The second-order valence-corrected chi connectivity index (χ2v) is 4.08. The van der Waals surface area contributed by atoms with E-state index in [-0.39, 0.29) is 0 Å². The van der Waals surface area contributed by atoms with Crippen molar-refractivity contribution in [2.24, 2.45) is 0 Å². The Morgan fingerprint density at radius 1 is 1.38 bits per heavy atom. The highest BCUT2D eigenvalue weighted by Gasteiger charge is 2.00. The van der Waals surface area contributed by atoms with Crippen molar-refractivity contribution in [3.8, 4) is 0 Å². The third-order valence-corrected chi connectivity index (χ3v) is 2.41. The molecular weight excluding hydrogens is 182 g/mol. The van der Waals surface area contributed by atoms with Gasteiger partial charge in [0, 0.05) is 6.04 Å². The standard InChI is InChI=1S/C9H11N3S/c1-6(2)12-7-3-8-9(10-4-7)11-5-13-8/h3-6,12H,1-2H3. The van der Waals surface area contributed by atoms with Crippen LogP contribution in [0.1, 0.15) is 13.8 Å². The lowest BCUT2D eigenvalue weighted by Crippen LogP contribution is -2.09. The van der Waals surface area contributed by atoms with Crippen molar-refractivity contribution in [2.75, 3.05) is 5.32 Å². The summed E-state index contributed by atoms with van der Waals surface area (Å²) in [5.41, 5.74) is 3.71. The second-order valence-electron chi connectivity index (χ2n) is 3.20. The molecule has 68 valence electrons. The molecule has 0 saturated heterocycles. The molecular formula is C9H11N3S. The van der Waals surface area contributed by atoms with Crippen LogP contribution in [0, 0.1) is 0 Å². The quantitative estimate of drug-likeness (QED) is 0.796. The molecule has 4 heteroatoms. The average Bonchev–Trinajstić information content (AvgIpc) is 2.49. The van der Waals surface area contributed by atoms with Gasteiger partial charge in [-0.1, -0.05) is 0 Å². The summed E-state index contributed by atoms with van der Waals surface area (Å²) in [5.74, 6) is 0. The number of hydrogen-bond donors (Lipinski definition) is 1. The molecule has 0 atom stereocenters. The number of hydrogen-bond acceptors (Lipinski definition) is 4. The Balaban J connectivity index is 2.37. The van der Waals surface area contributed by atoms with Gasteiger partial charge in [-0.05, 0) is 19.9 Å². The summed E-state index contributed by atoms with van der Waals surface area (Å²) < 4.78 is 1.13. The van der Waals surface area contributed by atoms with E-state index in [1.807, 2.05) is 11.7 Å². The van der Waals surface area contributed by atoms with E-state index in [0.717, 1.165) is 16.0 Å². The minimum absolute atomic E-state index is 0.437. The first-order valence-electron chi connectivity index (χ1n) is 4.21. The first kappa shape index (κ1) is 8.44. The Kier molecular flexibility index (Phi) is 2.14. The maximum absolute atomic E-state index is 4.23. The summed E-state index contributed by atoms with van der Waals surface area (Å²) in [6.07, 6.45) is 1.82. The number of nitrogens with one attached hydrogen (secondary N) is 1. The molecule has 0 unspecified atom stereocenters. The van der Waals surface area contributed by atoms with E-state index in [1.165, 1.54) is 0 Å². The number of fused-ring (bicyclic) bond motifs is 1. The van der Waals surface area contributed by atoms with E-state index in [1.54, 1.807) is 11.3 Å². The summed E-state index contributed by atoms with van der Waals surface area (Å²) in [7, 11) is 0. The molecule has 13 heavy (non-hydrogen) atoms. The highest BCUT2D eigenvalue weighted by atomic mass is 32.1. The summed E-state index contributed by atoms with van der Waals surface area (Å²) in [6.45, 7) is 4.22. The SMILES string of the molecule is CC(C)Nc1cnc2ncsc2c1. The summed E-state index contributed by atoms with van der Waals surface area (Å²) in [4.78, 5) is 8.35. The molecule has 0 aliphatic heterocycles. The van der Waals surface area contributed by atoms with Crippen LogP contribution in [-0.2, 0) is 0 Å². The lowest BCUT2D eigenvalue weighted by molar-refractivity contribution is 0.898. The van der Waals surface area contributed by atoms with Gasteiger partial charge < -0.3 is 5.32 Å². The highest BCUT2D eigenvalue weighted by molar-refractivity contribution is 7.16. The van der Waals surface area contributed by atoms with Crippen molar-refractivity contribution in [1.29, 1.82) is 0 Å². The van der Waals surface area contributed by atoms with E-state index < -0.39 is 0 Å². The molecule has 0 amide bonds. The van der Waals surface area contributed by atoms with Crippen LogP contribution in [-0.4, -0.2) is 16.0 Å². The zero-order chi connectivity index (χ0) is 9.26. The molecule has 0 spiro atoms. The number of nitrogens with zero attached hydrogens (tertiary/aromatic N) is 2. The molecule has 0 aromatic carbocycles. The smallest absolute Gasteiger partial charge is 0.170 e. The van der Waals surface area contributed by atoms with Crippen molar-refractivity contribution < 1.29 is 0 Å². The van der Waals surface area contributed by atoms with Gasteiger partial charge in [0.2, 0.25) is 0 Å². The molecule has 0 aliphatic carbocycles. The second kappa shape index (κ2) is 3.30. The van der Waals surface area contributed by atoms with Crippen LogP contribution in [0.2, 0.25) is 0 Å². The monoisotopic (exact) mass is 193 g/mol. The zero-order valence-electron chi connectivity index (χ0n) is 7.61. The van der Waals surface area contributed by atoms with Crippen LogP contribution in [0.4, 0.5) is 5.69 Å². The predicted molar refractivity (Wildman–Crippen MR) is 56.2 cm³/mol. The van der Waals surface area contributed by atoms with Crippen LogP contribution >= 0.6 is 11.3 Å². The number of pyridine rings is 1. The van der Waals surface area contributed by atoms with Gasteiger partial charge in [0.25, 0.3) is 0 Å². The fourth-order valence-electron chi connectivity index (χ4n) is 1.17. The van der Waals surface area contributed by atoms with E-state index in [4.69, 9.17) is 0 Å². The molecule has 3 nitrogen and oxygen atoms in total. The predicted octanol–water partition coefficient (Wildman–Crippen LogP) is 2.51. The molecule has 2 heterocycles. The number of rotatable bonds is 2. The van der Waals surface area contributed by atoms with E-state index >= 15 is 0 Å². The topological polar surface area (TPSA) is 37.8 Å². The normalized spacial score (nSPS) is 11.0. The average molecular weight is 193 g/mol. The van der Waals surface area contributed by atoms with Crippen LogP contribution in [0.3, 0.4) is 0 Å². The molecule has 0 bridgehead atoms. The number of aromatic nitrogens is 2. The Bertz CT molecular complexity index is 408. The lowest BCUT2D eigenvalue weighted by Gasteiger charge is -2.08. The van der Waals surface area contributed by atoms with Crippen LogP contribution in [0.5, 0.6) is 0 Å². The third-order valence-electron chi connectivity index (χ3n) is 1.64. The Labute approximate surface area is 80.8 Å². The number of anilines is 1. The summed E-state index contributed by atoms with van der Waals surface area (Å²) in [6, 6.07) is 2.52. The van der Waals surface area contributed by atoms with Gasteiger partial charge in [0.05, 0.1) is 22.1 Å². The van der Waals surface area contributed by atoms with Gasteiger partial charge in [0.1, 0.15) is 0 Å². The van der Waals surface area contributed by atoms with Crippen LogP contribution < -0.4 is 5.32 Å². The molecule has 2 rings (SSSR count). The molecule has 0 aliphatic rings. The van der Waals surface area contributed by atoms with Gasteiger partial charge in [-0.2, -0.15) is 0 Å². The first-order valence-corrected chi connectivity index (χ1v) is 5.09. The van der Waals surface area contributed by atoms with Gasteiger partial charge in [-0.15, -0.1) is 11.3 Å². The Morgan fingerprint density at radius 3 is 3.00 bits per heavy atom. The fourth-order valence-corrected chi connectivity index (χ4v) is 1.84. The number of thiazole rings is 1. The van der Waals surface area contributed by atoms with Crippen LogP contribution in [0.25, 0.3) is 10.3 Å². The van der Waals surface area contributed by atoms with Gasteiger partial charge in [-0.25, -0.2) is 9.97 Å². The molecule has 2 aromatic heterocycles. The first-order chi connectivity index (χ1) is 6.25. The fraction of sp³-hybridized carbons (Fsp3) is 0.333. The van der Waals surface area contributed by atoms with Crippen LogP contribution in [0.15, 0.2) is 17.8 Å².